The molecular formula is C20H27N3O4S2. The van der Waals surface area contributed by atoms with Gasteiger partial charge in [0.25, 0.3) is 0 Å². The Bertz CT molecular complexity index is 933. The van der Waals surface area contributed by atoms with Crippen LogP contribution in [0.1, 0.15) is 59.3 Å². The zero-order valence-corrected chi connectivity index (χ0v) is 18.2. The number of nitrogen functional groups attached to an aromatic ring is 1. The second-order valence-corrected chi connectivity index (χ2v) is 9.59. The van der Waals surface area contributed by atoms with E-state index in [9.17, 15) is 14.1 Å². The zero-order chi connectivity index (χ0) is 21.8. The normalized spacial score (nSPS) is 15.4. The second-order valence-electron chi connectivity index (χ2n) is 7.39. The van der Waals surface area contributed by atoms with Gasteiger partial charge in [0.1, 0.15) is 15.2 Å². The van der Waals surface area contributed by atoms with Crippen molar-refractivity contribution in [3.63, 3.8) is 0 Å². The van der Waals surface area contributed by atoms with E-state index in [1.54, 1.807) is 25.3 Å². The van der Waals surface area contributed by atoms with E-state index in [0.717, 1.165) is 36.1 Å². The third kappa shape index (κ3) is 5.51. The van der Waals surface area contributed by atoms with Gasteiger partial charge in [0.05, 0.1) is 5.60 Å². The van der Waals surface area contributed by atoms with Crippen LogP contribution in [0.25, 0.3) is 0 Å². The number of hydrogen-bond acceptors (Lipinski definition) is 6. The molecule has 4 rings (SSSR count). The maximum Gasteiger partial charge on any atom is 0.204 e. The molecule has 1 aromatic heterocycles. The molecule has 0 saturated carbocycles. The number of primary amides is 1. The van der Waals surface area contributed by atoms with Crippen molar-refractivity contribution in [3.8, 4) is 0 Å². The van der Waals surface area contributed by atoms with Gasteiger partial charge in [0.2, 0.25) is 6.41 Å². The molecule has 0 fully saturated rings. The van der Waals surface area contributed by atoms with Gasteiger partial charge in [-0.05, 0) is 73.2 Å². The third-order valence-electron chi connectivity index (χ3n) is 4.90. The Morgan fingerprint density at radius 1 is 1.17 bits per heavy atom. The number of rotatable bonds is 2. The summed E-state index contributed by atoms with van der Waals surface area (Å²) in [6, 6.07) is 3.87. The van der Waals surface area contributed by atoms with Gasteiger partial charge in [0, 0.05) is 17.7 Å². The number of Topliss-reactive ketones (excluding diaryl/α,β-unsaturated/α-hetero) is 1. The standard InChI is InChI=1S/C12H13NO.C7H11NO2S2.CH3NO/c13-12-9-3-1-2-7(9)6-8-4-5-10(14)11(8)12;1-7(2,9)5-3-6(11-4-5)12(8)10;2-1-3/h6H,1-5,13H2;3-4,9H,8H2,1-2H3;1H,(H2,2,3). The van der Waals surface area contributed by atoms with Crippen molar-refractivity contribution in [1.82, 2.24) is 0 Å². The predicted molar refractivity (Wildman–Crippen MR) is 116 cm³/mol. The summed E-state index contributed by atoms with van der Waals surface area (Å²) in [6.45, 7) is 3.36. The van der Waals surface area contributed by atoms with Gasteiger partial charge >= 0.3 is 0 Å². The monoisotopic (exact) mass is 437 g/mol. The highest BCUT2D eigenvalue weighted by atomic mass is 32.2. The first-order valence-electron chi connectivity index (χ1n) is 9.19. The Morgan fingerprint density at radius 3 is 2.34 bits per heavy atom. The van der Waals surface area contributed by atoms with Gasteiger partial charge in [-0.25, -0.2) is 9.35 Å². The predicted octanol–water partition coefficient (Wildman–Crippen LogP) is 1.94. The van der Waals surface area contributed by atoms with Crippen LogP contribution in [0.3, 0.4) is 0 Å². The topological polar surface area (TPSA) is 150 Å². The van der Waals surface area contributed by atoms with Crippen molar-refractivity contribution in [3.05, 3.63) is 45.3 Å². The second kappa shape index (κ2) is 9.62. The molecule has 0 aliphatic heterocycles. The minimum atomic E-state index is -1.44. The van der Waals surface area contributed by atoms with Gasteiger partial charge in [-0.1, -0.05) is 6.07 Å². The first-order valence-corrected chi connectivity index (χ1v) is 11.3. The van der Waals surface area contributed by atoms with Gasteiger partial charge in [0.15, 0.2) is 5.78 Å². The Kier molecular flexibility index (Phi) is 7.70. The lowest BCUT2D eigenvalue weighted by Crippen LogP contribution is -2.14. The smallest absolute Gasteiger partial charge is 0.204 e. The summed E-state index contributed by atoms with van der Waals surface area (Å²) in [7, 11) is -1.44. The van der Waals surface area contributed by atoms with Crippen LogP contribution in [0, 0.1) is 0 Å². The molecule has 1 aromatic carbocycles. The Hall–Kier alpha value is -2.07. The molecule has 0 saturated heterocycles. The van der Waals surface area contributed by atoms with Crippen LogP contribution in [0.2, 0.25) is 0 Å². The van der Waals surface area contributed by atoms with E-state index in [4.69, 9.17) is 15.7 Å². The number of thiophene rings is 1. The molecule has 158 valence electrons. The fourth-order valence-electron chi connectivity index (χ4n) is 3.48. The highest BCUT2D eigenvalue weighted by molar-refractivity contribution is 7.85. The van der Waals surface area contributed by atoms with Crippen LogP contribution in [0.5, 0.6) is 0 Å². The van der Waals surface area contributed by atoms with Crippen molar-refractivity contribution in [2.45, 2.75) is 55.8 Å². The van der Waals surface area contributed by atoms with Gasteiger partial charge in [-0.2, -0.15) is 0 Å². The number of carbonyl (C=O) groups excluding carboxylic acids is 2. The van der Waals surface area contributed by atoms with Crippen molar-refractivity contribution >= 4 is 40.2 Å². The third-order valence-corrected chi connectivity index (χ3v) is 6.92. The number of aliphatic hydroxyl groups is 1. The lowest BCUT2D eigenvalue weighted by Gasteiger charge is -2.14. The van der Waals surface area contributed by atoms with E-state index in [1.807, 2.05) is 0 Å². The SMILES string of the molecule is CC(C)(O)c1csc(S(N)=O)c1.NC=O.Nc1c2c(cc3c1C(=O)CC3)CCC2. The van der Waals surface area contributed by atoms with Gasteiger partial charge in [-0.3, -0.25) is 9.59 Å². The number of anilines is 1. The molecule has 9 heteroatoms. The summed E-state index contributed by atoms with van der Waals surface area (Å²) in [5.41, 5.74) is 15.5. The van der Waals surface area contributed by atoms with Gasteiger partial charge in [-0.15, -0.1) is 11.3 Å². The summed E-state index contributed by atoms with van der Waals surface area (Å²) in [5.74, 6) is 0.243. The largest absolute Gasteiger partial charge is 0.398 e. The van der Waals surface area contributed by atoms with Crippen LogP contribution in [0.4, 0.5) is 5.69 Å². The number of carbonyl (C=O) groups is 2. The van der Waals surface area contributed by atoms with E-state index in [2.05, 4.69) is 11.8 Å². The summed E-state index contributed by atoms with van der Waals surface area (Å²) >= 11 is 1.30. The van der Waals surface area contributed by atoms with Crippen molar-refractivity contribution in [2.75, 3.05) is 5.73 Å². The Balaban J connectivity index is 0.000000185. The molecule has 2 aliphatic rings. The molecule has 1 unspecified atom stereocenters. The minimum Gasteiger partial charge on any atom is -0.398 e. The summed E-state index contributed by atoms with van der Waals surface area (Å²) in [6.07, 6.45) is 5.19. The zero-order valence-electron chi connectivity index (χ0n) is 16.6. The number of ketones is 1. The average Bonchev–Trinajstić information content (AvgIpc) is 3.35. The van der Waals surface area contributed by atoms with Crippen LogP contribution < -0.4 is 16.6 Å². The van der Waals surface area contributed by atoms with E-state index in [-0.39, 0.29) is 12.2 Å². The van der Waals surface area contributed by atoms with E-state index >= 15 is 0 Å². The van der Waals surface area contributed by atoms with Crippen LogP contribution in [0.15, 0.2) is 21.7 Å². The molecule has 2 aromatic rings. The lowest BCUT2D eigenvalue weighted by molar-refractivity contribution is -0.106. The van der Waals surface area contributed by atoms with Gasteiger partial charge < -0.3 is 16.6 Å². The Labute approximate surface area is 176 Å². The van der Waals surface area contributed by atoms with Crippen LogP contribution in [-0.2, 0) is 40.6 Å². The van der Waals surface area contributed by atoms with E-state index in [0.29, 0.717) is 10.6 Å². The highest BCUT2D eigenvalue weighted by Crippen LogP contribution is 2.36. The van der Waals surface area contributed by atoms with Crippen molar-refractivity contribution in [1.29, 1.82) is 0 Å². The summed E-state index contributed by atoms with van der Waals surface area (Å²) in [5, 5.41) is 16.5. The highest BCUT2D eigenvalue weighted by Gasteiger charge is 2.27. The molecule has 0 radical (unpaired) electrons. The fraction of sp³-hybridized carbons (Fsp3) is 0.400. The molecule has 29 heavy (non-hydrogen) atoms. The molecule has 1 atom stereocenters. The minimum absolute atomic E-state index is 0.243. The molecule has 0 spiro atoms. The number of nitrogens with two attached hydrogens (primary N) is 3. The van der Waals surface area contributed by atoms with Crippen LogP contribution in [-0.4, -0.2) is 21.5 Å². The quantitative estimate of drug-likeness (QED) is 0.418. The van der Waals surface area contributed by atoms with Crippen molar-refractivity contribution < 1.29 is 18.9 Å². The number of benzene rings is 1. The van der Waals surface area contributed by atoms with E-state index in [1.165, 1.54) is 34.4 Å². The first-order chi connectivity index (χ1) is 13.6. The van der Waals surface area contributed by atoms with Crippen molar-refractivity contribution in [2.24, 2.45) is 10.9 Å². The molecular weight excluding hydrogens is 410 g/mol. The fourth-order valence-corrected chi connectivity index (χ4v) is 5.04. The number of hydrogen-bond donors (Lipinski definition) is 4. The van der Waals surface area contributed by atoms with Crippen LogP contribution >= 0.6 is 11.3 Å². The summed E-state index contributed by atoms with van der Waals surface area (Å²) < 4.78 is 11.4. The molecule has 1 amide bonds. The number of aryl methyl sites for hydroxylation is 2. The maximum atomic E-state index is 11.6. The molecule has 0 bridgehead atoms. The first kappa shape index (κ1) is 23.2. The average molecular weight is 438 g/mol. The number of amides is 1. The summed E-state index contributed by atoms with van der Waals surface area (Å²) in [4.78, 5) is 20.2. The molecule has 7 nitrogen and oxygen atoms in total. The Morgan fingerprint density at radius 2 is 1.83 bits per heavy atom. The maximum absolute atomic E-state index is 11.6. The molecule has 7 N–H and O–H groups in total. The molecule has 2 aliphatic carbocycles. The molecule has 1 heterocycles. The number of fused-ring (bicyclic) bond motifs is 2. The lowest BCUT2D eigenvalue weighted by atomic mass is 9.99. The van der Waals surface area contributed by atoms with E-state index < -0.39 is 16.6 Å².